The number of aryl methyl sites for hydroxylation is 6. The van der Waals surface area contributed by atoms with Gasteiger partial charge in [-0.15, -0.1) is 0 Å². The number of carboxylic acid groups (broad SMARTS) is 1. The number of carboxylic acids is 1. The van der Waals surface area contributed by atoms with Gasteiger partial charge in [-0.1, -0.05) is 28.2 Å². The van der Waals surface area contributed by atoms with E-state index in [1.54, 1.807) is 62.9 Å². The monoisotopic (exact) mass is 2150 g/mol. The van der Waals surface area contributed by atoms with Gasteiger partial charge in [-0.2, -0.15) is 28.8 Å². The molecular formula is C102H123N26O16W-. The van der Waals surface area contributed by atoms with Crippen LogP contribution >= 0.6 is 0 Å². The molecular weight excluding hydrogens is 2030 g/mol. The molecule has 5 aliphatic rings. The molecule has 5 fully saturated rings. The van der Waals surface area contributed by atoms with Gasteiger partial charge in [0.15, 0.2) is 17.1 Å². The first-order chi connectivity index (χ1) is 68.5. The minimum atomic E-state index is -1.10. The number of nitrogens with two attached hydrogens (primary N) is 3. The van der Waals surface area contributed by atoms with Crippen molar-refractivity contribution in [3.63, 3.8) is 0 Å². The molecule has 145 heavy (non-hydrogen) atoms. The van der Waals surface area contributed by atoms with Crippen molar-refractivity contribution in [2.75, 3.05) is 118 Å². The molecule has 20 heterocycles. The fourth-order valence-electron chi connectivity index (χ4n) is 16.8. The number of nitrogens with one attached hydrogen (secondary N) is 2. The number of oxazole rings is 3. The van der Waals surface area contributed by atoms with Crippen LogP contribution in [0.25, 0.3) is 57.0 Å². The largest absolute Gasteiger partial charge is 0.476 e. The number of hydrogen-bond donors (Lipinski definition) is 7. The van der Waals surface area contributed by atoms with Gasteiger partial charge in [0, 0.05) is 219 Å². The van der Waals surface area contributed by atoms with E-state index in [9.17, 15) is 29.6 Å². The van der Waals surface area contributed by atoms with Crippen LogP contribution in [0.15, 0.2) is 173 Å². The number of nitrogen functional groups attached to an aromatic ring is 3. The van der Waals surface area contributed by atoms with Gasteiger partial charge in [0.1, 0.15) is 64.7 Å². The Morgan fingerprint density at radius 2 is 0.724 bits per heavy atom. The number of aromatic carboxylic acids is 1. The van der Waals surface area contributed by atoms with Crippen LogP contribution in [-0.2, 0) is 74.7 Å². The van der Waals surface area contributed by atoms with E-state index in [1.807, 2.05) is 98.5 Å². The standard InChI is InChI=1S/C25H28N6O3.C24H26N6O2.2C14H20N4.C10H14N4O2.C10H8N2O3.3CO2.CH4.CH3.W/c1-16-11-17(7-8-26-16)24-28-19(15-34-24)23(32)27-18-13-31-14-21(25(2,3)33)29-22(31)12-20(18)30-9-5-4-6-10-30;1-3-18-13-30-14-19(21(12-22(30)26-18)29-9-5-4-6-10-29)27-23(31)20-15-32-24(28-20)17-7-8-25-16(2)11-17;2*1-2-11-9-18-10-12(15)13(8-14(18)16-11)17-6-4-3-5-7-17;11-10-6-8(9(7-12-10)14(15)16)13-4-2-1-3-5-13;1-6-4-7(2-3-11-6)9-12-8(5-15-9)10(13)14;3*2-1-3;;;/h7-8,11-15,33H,4-6,9-10H2,1-3H3,(H,27,32);7-8,11-15H,3-6,9-10H2,1-2H3,(H,27,31);2*8-10H,2-7,15H2,1H3;6-7H,1-5H2,(H2,11,12);2-5H,1H3,(H,13,14);;;;1H4;1H3;/q;;;;;;;;;;-1;. The van der Waals surface area contributed by atoms with Crippen molar-refractivity contribution in [3.05, 3.63) is 234 Å². The third-order valence-electron chi connectivity index (χ3n) is 23.9. The fraction of sp³-hybridized carbons (Fsp3) is 0.373. The van der Waals surface area contributed by atoms with Crippen molar-refractivity contribution in [2.45, 2.75) is 184 Å². The summed E-state index contributed by atoms with van der Waals surface area (Å²) in [6.45, 7) is 25.3. The summed E-state index contributed by atoms with van der Waals surface area (Å²) in [4.78, 5) is 155. The van der Waals surface area contributed by atoms with Crippen molar-refractivity contribution in [1.82, 2.24) is 72.4 Å². The smallest absolute Gasteiger partial charge is 0.373 e. The molecule has 15 aromatic rings. The maximum Gasteiger partial charge on any atom is 0.373 e. The molecule has 2 amide bonds. The Kier molecular flexibility index (Phi) is 42.2. The first kappa shape index (κ1) is 113. The summed E-state index contributed by atoms with van der Waals surface area (Å²) in [7, 11) is 0. The van der Waals surface area contributed by atoms with Crippen molar-refractivity contribution >= 4 is 122 Å². The number of nitro groups is 1. The number of pyridine rings is 8. The number of imidazole rings is 4. The Morgan fingerprint density at radius 1 is 0.428 bits per heavy atom. The summed E-state index contributed by atoms with van der Waals surface area (Å²) in [5, 5.41) is 36.0. The van der Waals surface area contributed by atoms with Crippen LogP contribution in [0.2, 0.25) is 0 Å². The molecule has 5 aliphatic heterocycles. The topological polar surface area (TPSA) is 554 Å². The normalized spacial score (nSPS) is 13.6. The average molecular weight is 2150 g/mol. The number of nitrogens with zero attached hydrogens (tertiary/aromatic N) is 21. The molecule has 0 aliphatic carbocycles. The van der Waals surface area contributed by atoms with Gasteiger partial charge in [-0.25, -0.2) is 44.7 Å². The summed E-state index contributed by atoms with van der Waals surface area (Å²) in [5.74, 6) is -0.387. The number of aliphatic hydroxyl groups is 1. The summed E-state index contributed by atoms with van der Waals surface area (Å²) in [6, 6.07) is 20.7. The number of carbonyl (C=O) groups excluding carboxylic acids is 8. The van der Waals surface area contributed by atoms with E-state index in [-0.39, 0.29) is 94.8 Å². The van der Waals surface area contributed by atoms with E-state index in [2.05, 4.69) is 131 Å². The van der Waals surface area contributed by atoms with E-state index < -0.39 is 16.5 Å². The molecule has 0 aromatic carbocycles. The Labute approximate surface area is 852 Å². The van der Waals surface area contributed by atoms with Crippen molar-refractivity contribution in [1.29, 1.82) is 0 Å². The first-order valence-electron chi connectivity index (χ1n) is 47.0. The Bertz CT molecular complexity index is 6800. The van der Waals surface area contributed by atoms with Crippen molar-refractivity contribution in [2.24, 2.45) is 0 Å². The number of amides is 2. The van der Waals surface area contributed by atoms with Crippen LogP contribution < -0.4 is 52.3 Å². The number of piperidine rings is 5. The van der Waals surface area contributed by atoms with Crippen molar-refractivity contribution < 1.29 is 92.6 Å². The molecule has 0 spiro atoms. The molecule has 15 aromatic heterocycles. The number of carbonyl (C=O) groups is 3. The maximum atomic E-state index is 13.1. The zero-order chi connectivity index (χ0) is 102. The third-order valence-corrected chi connectivity index (χ3v) is 23.9. The number of anilines is 10. The molecule has 0 atom stereocenters. The molecule has 10 N–H and O–H groups in total. The number of rotatable bonds is 18. The van der Waals surface area contributed by atoms with E-state index in [4.69, 9.17) is 69.3 Å². The molecule has 42 nitrogen and oxygen atoms in total. The summed E-state index contributed by atoms with van der Waals surface area (Å²) in [6.07, 6.45) is 47.3. The minimum absolute atomic E-state index is 0. The van der Waals surface area contributed by atoms with Gasteiger partial charge in [-0.3, -0.25) is 34.7 Å². The Balaban J connectivity index is 0.000000195. The Hall–Kier alpha value is -16.0. The summed E-state index contributed by atoms with van der Waals surface area (Å²) >= 11 is 0. The van der Waals surface area contributed by atoms with Crippen LogP contribution in [0.5, 0.6) is 0 Å². The van der Waals surface area contributed by atoms with Crippen LogP contribution in [0.3, 0.4) is 0 Å². The average Bonchev–Trinajstić information content (AvgIpc) is 1.60. The van der Waals surface area contributed by atoms with E-state index in [0.29, 0.717) is 40.3 Å². The quantitative estimate of drug-likeness (QED) is 0.0238. The molecule has 0 unspecified atom stereocenters. The molecule has 0 saturated carbocycles. The SMILES string of the molecule is C.CCc1cn2cc(N)c(N3CCCCC3)cc2n1.CCc1cn2cc(N)c(N3CCCCC3)cc2n1.CCc1cn2cc(NC(=O)c3coc(-c4ccnc(C)c4)n3)c(N3CCCCC3)cc2n1.Cc1cc(-c2nc(C(=O)Nc3cn4cc(C(C)(C)O)nc4cc3N3CCCCC3)co2)ccn1.Cc1cc(-c2nc(C(=O)O)co2)ccn1.Nc1cc(N2CCCCC2)c([N+](=O)[O-])cn1.O=C=O.O=C=O.O=C=O.[CH3-].[W]. The zero-order valence-corrected chi connectivity index (χ0v) is 84.9. The molecule has 0 bridgehead atoms. The zero-order valence-electron chi connectivity index (χ0n) is 82.0. The minimum Gasteiger partial charge on any atom is -0.476 e. The number of aromatic nitrogens is 15. The van der Waals surface area contributed by atoms with Crippen LogP contribution in [0.1, 0.15) is 210 Å². The second kappa shape index (κ2) is 54.3. The Morgan fingerprint density at radius 3 is 1.03 bits per heavy atom. The van der Waals surface area contributed by atoms with Gasteiger partial charge >= 0.3 is 30.1 Å². The third kappa shape index (κ3) is 30.5. The van der Waals surface area contributed by atoms with Gasteiger partial charge in [0.2, 0.25) is 17.7 Å². The van der Waals surface area contributed by atoms with E-state index >= 15 is 0 Å². The predicted molar refractivity (Wildman–Crippen MR) is 543 cm³/mol. The van der Waals surface area contributed by atoms with Crippen molar-refractivity contribution in [3.8, 4) is 34.4 Å². The molecule has 5 saturated heterocycles. The van der Waals surface area contributed by atoms with E-state index in [0.717, 1.165) is 237 Å². The summed E-state index contributed by atoms with van der Waals surface area (Å²) < 4.78 is 24.0. The van der Waals surface area contributed by atoms with E-state index in [1.165, 1.54) is 76.5 Å². The molecule has 43 heteroatoms. The summed E-state index contributed by atoms with van der Waals surface area (Å²) in [5.41, 5.74) is 37.3. The van der Waals surface area contributed by atoms with Gasteiger partial charge in [0.25, 0.3) is 11.8 Å². The van der Waals surface area contributed by atoms with Crippen LogP contribution in [0.4, 0.5) is 62.7 Å². The molecule has 0 radical (unpaired) electrons. The van der Waals surface area contributed by atoms with Crippen LogP contribution in [-0.4, -0.2) is 189 Å². The second-order valence-corrected chi connectivity index (χ2v) is 34.6. The number of fused-ring (bicyclic) bond motifs is 4. The maximum absolute atomic E-state index is 13.1. The van der Waals surface area contributed by atoms with Gasteiger partial charge in [-0.05, 0) is 187 Å². The van der Waals surface area contributed by atoms with Gasteiger partial charge < -0.3 is 101 Å². The molecule has 20 rings (SSSR count). The molecule has 764 valence electrons. The first-order valence-corrected chi connectivity index (χ1v) is 47.0. The second-order valence-electron chi connectivity index (χ2n) is 34.6. The van der Waals surface area contributed by atoms with Gasteiger partial charge in [0.05, 0.1) is 73.2 Å². The van der Waals surface area contributed by atoms with Crippen LogP contribution in [0, 0.1) is 38.3 Å². The number of hydrogen-bond acceptors (Lipinski definition) is 34. The predicted octanol–water partition coefficient (Wildman–Crippen LogP) is 16.2. The fourth-order valence-corrected chi connectivity index (χ4v) is 16.8.